The average Bonchev–Trinajstić information content (AvgIpc) is 2.72. The van der Waals surface area contributed by atoms with Crippen molar-refractivity contribution in [2.24, 2.45) is 5.92 Å². The summed E-state index contributed by atoms with van der Waals surface area (Å²) in [4.78, 5) is 15.4. The van der Waals surface area contributed by atoms with Crippen LogP contribution in [0.4, 0.5) is 20.6 Å². The van der Waals surface area contributed by atoms with Crippen molar-refractivity contribution in [2.45, 2.75) is 58.4 Å². The Hall–Kier alpha value is -2.08. The van der Waals surface area contributed by atoms with E-state index >= 15 is 0 Å². The number of rotatable bonds is 5. The van der Waals surface area contributed by atoms with Crippen LogP contribution >= 0.6 is 15.9 Å². The Morgan fingerprint density at radius 1 is 1.20 bits per heavy atom. The minimum absolute atomic E-state index is 0.104. The maximum Gasteiger partial charge on any atom is 0.326 e. The number of amides is 2. The number of hydrogen-bond acceptors (Lipinski definition) is 2. The lowest BCUT2D eigenvalue weighted by Gasteiger charge is -2.37. The molecule has 0 bridgehead atoms. The second-order valence-electron chi connectivity index (χ2n) is 8.39. The largest absolute Gasteiger partial charge is 0.495 e. The maximum absolute atomic E-state index is 14.2. The average molecular weight is 477 g/mol. The lowest BCUT2D eigenvalue weighted by molar-refractivity contribution is 0.249. The van der Waals surface area contributed by atoms with Crippen LogP contribution in [-0.2, 0) is 0 Å². The number of methoxy groups -OCH3 is 1. The molecule has 0 aliphatic heterocycles. The number of carbonyl (C=O) groups excluding carboxylic acids is 1. The molecule has 2 aromatic carbocycles. The Kier molecular flexibility index (Phi) is 7.40. The van der Waals surface area contributed by atoms with Crippen molar-refractivity contribution in [3.8, 4) is 5.75 Å². The second-order valence-corrected chi connectivity index (χ2v) is 9.25. The van der Waals surface area contributed by atoms with Crippen molar-refractivity contribution in [3.63, 3.8) is 0 Å². The molecule has 1 fully saturated rings. The van der Waals surface area contributed by atoms with Gasteiger partial charge < -0.3 is 10.1 Å². The van der Waals surface area contributed by atoms with E-state index in [9.17, 15) is 9.18 Å². The van der Waals surface area contributed by atoms with Crippen molar-refractivity contribution in [3.05, 3.63) is 52.3 Å². The second kappa shape index (κ2) is 9.82. The van der Waals surface area contributed by atoms with Crippen LogP contribution in [0.1, 0.15) is 57.9 Å². The molecule has 3 rings (SSSR count). The zero-order valence-electron chi connectivity index (χ0n) is 18.0. The number of ether oxygens (including phenoxy) is 1. The van der Waals surface area contributed by atoms with Gasteiger partial charge in [-0.3, -0.25) is 4.90 Å². The molecule has 0 aromatic heterocycles. The van der Waals surface area contributed by atoms with Gasteiger partial charge in [-0.2, -0.15) is 0 Å². The number of carbonyl (C=O) groups is 1. The van der Waals surface area contributed by atoms with Crippen molar-refractivity contribution >= 4 is 33.3 Å². The van der Waals surface area contributed by atoms with Gasteiger partial charge in [0.2, 0.25) is 0 Å². The topological polar surface area (TPSA) is 41.6 Å². The number of halogens is 2. The molecule has 2 aromatic rings. The molecule has 1 N–H and O–H groups in total. The van der Waals surface area contributed by atoms with Gasteiger partial charge in [-0.25, -0.2) is 9.18 Å². The highest BCUT2D eigenvalue weighted by molar-refractivity contribution is 9.10. The van der Waals surface area contributed by atoms with Gasteiger partial charge in [0.1, 0.15) is 11.6 Å². The minimum Gasteiger partial charge on any atom is -0.495 e. The van der Waals surface area contributed by atoms with Crippen LogP contribution in [-0.4, -0.2) is 19.2 Å². The van der Waals surface area contributed by atoms with E-state index in [1.807, 2.05) is 23.1 Å². The monoisotopic (exact) mass is 476 g/mol. The Bertz CT molecular complexity index is 895. The summed E-state index contributed by atoms with van der Waals surface area (Å²) in [6.45, 7) is 6.52. The minimum atomic E-state index is -0.452. The molecule has 0 radical (unpaired) electrons. The fourth-order valence-corrected chi connectivity index (χ4v) is 4.46. The van der Waals surface area contributed by atoms with E-state index in [4.69, 9.17) is 4.74 Å². The fourth-order valence-electron chi connectivity index (χ4n) is 4.14. The Morgan fingerprint density at radius 2 is 1.87 bits per heavy atom. The first-order valence-corrected chi connectivity index (χ1v) is 11.3. The van der Waals surface area contributed by atoms with E-state index in [1.54, 1.807) is 0 Å². The van der Waals surface area contributed by atoms with Crippen LogP contribution < -0.4 is 15.0 Å². The normalized spacial score (nSPS) is 18.9. The quantitative estimate of drug-likeness (QED) is 0.490. The standard InChI is InChI=1S/C24H30BrFN2O2/c1-15(2)18-7-5-6-8-22(18)28(17-11-9-16(3)10-12-17)24(29)27-21-14-20(26)19(25)13-23(21)30-4/h5-8,13-17H,9-12H2,1-4H3,(H,27,29). The number of benzene rings is 2. The van der Waals surface area contributed by atoms with Gasteiger partial charge >= 0.3 is 6.03 Å². The smallest absolute Gasteiger partial charge is 0.326 e. The summed E-state index contributed by atoms with van der Waals surface area (Å²) in [5.74, 6) is 0.906. The van der Waals surface area contributed by atoms with Crippen LogP contribution in [0.15, 0.2) is 40.9 Å². The Labute approximate surface area is 186 Å². The molecule has 0 atom stereocenters. The van der Waals surface area contributed by atoms with Gasteiger partial charge in [-0.1, -0.05) is 39.0 Å². The number of anilines is 2. The molecule has 30 heavy (non-hydrogen) atoms. The van der Waals surface area contributed by atoms with E-state index < -0.39 is 5.82 Å². The zero-order chi connectivity index (χ0) is 21.8. The third kappa shape index (κ3) is 4.97. The molecule has 162 valence electrons. The van der Waals surface area contributed by atoms with Crippen LogP contribution in [0.3, 0.4) is 0 Å². The van der Waals surface area contributed by atoms with Gasteiger partial charge in [0.25, 0.3) is 0 Å². The summed E-state index contributed by atoms with van der Waals surface area (Å²) < 4.78 is 19.8. The molecule has 1 aliphatic carbocycles. The third-order valence-electron chi connectivity index (χ3n) is 5.87. The van der Waals surface area contributed by atoms with Crippen LogP contribution in [0.25, 0.3) is 0 Å². The van der Waals surface area contributed by atoms with Gasteiger partial charge in [-0.05, 0) is 71.1 Å². The van der Waals surface area contributed by atoms with E-state index in [-0.39, 0.29) is 18.0 Å². The zero-order valence-corrected chi connectivity index (χ0v) is 19.6. The summed E-state index contributed by atoms with van der Waals surface area (Å²) >= 11 is 3.17. The predicted octanol–water partition coefficient (Wildman–Crippen LogP) is 7.34. The fraction of sp³-hybridized carbons (Fsp3) is 0.458. The van der Waals surface area contributed by atoms with Gasteiger partial charge in [0.05, 0.1) is 17.3 Å². The van der Waals surface area contributed by atoms with E-state index in [0.29, 0.717) is 21.8 Å². The molecule has 1 aliphatic rings. The summed E-state index contributed by atoms with van der Waals surface area (Å²) in [5.41, 5.74) is 2.36. The Balaban J connectivity index is 1.99. The highest BCUT2D eigenvalue weighted by Gasteiger charge is 2.31. The molecule has 6 heteroatoms. The first-order chi connectivity index (χ1) is 14.3. The highest BCUT2D eigenvalue weighted by Crippen LogP contribution is 2.36. The van der Waals surface area contributed by atoms with Crippen LogP contribution in [0.5, 0.6) is 5.75 Å². The molecule has 0 saturated heterocycles. The summed E-state index contributed by atoms with van der Waals surface area (Å²) in [7, 11) is 1.50. The predicted molar refractivity (Wildman–Crippen MR) is 124 cm³/mol. The molecule has 2 amide bonds. The lowest BCUT2D eigenvalue weighted by atomic mass is 9.86. The summed E-state index contributed by atoms with van der Waals surface area (Å²) in [6, 6.07) is 10.7. The SMILES string of the molecule is COc1cc(Br)c(F)cc1NC(=O)N(c1ccccc1C(C)C)C1CCC(C)CC1. The molecule has 4 nitrogen and oxygen atoms in total. The van der Waals surface area contributed by atoms with Crippen molar-refractivity contribution in [1.82, 2.24) is 0 Å². The summed E-state index contributed by atoms with van der Waals surface area (Å²) in [6.07, 6.45) is 4.09. The van der Waals surface area contributed by atoms with Crippen molar-refractivity contribution in [1.29, 1.82) is 0 Å². The summed E-state index contributed by atoms with van der Waals surface area (Å²) in [5, 5.41) is 2.90. The lowest BCUT2D eigenvalue weighted by Crippen LogP contribution is -2.45. The molecular formula is C24H30BrFN2O2. The number of nitrogens with zero attached hydrogens (tertiary/aromatic N) is 1. The highest BCUT2D eigenvalue weighted by atomic mass is 79.9. The molecule has 0 spiro atoms. The first kappa shape index (κ1) is 22.6. The Morgan fingerprint density at radius 3 is 2.50 bits per heavy atom. The van der Waals surface area contributed by atoms with Crippen LogP contribution in [0.2, 0.25) is 0 Å². The molecule has 1 saturated carbocycles. The third-order valence-corrected chi connectivity index (χ3v) is 6.48. The molecule has 0 unspecified atom stereocenters. The van der Waals surface area contributed by atoms with Crippen LogP contribution in [0, 0.1) is 11.7 Å². The number of hydrogen-bond donors (Lipinski definition) is 1. The maximum atomic E-state index is 14.2. The number of nitrogens with one attached hydrogen (secondary N) is 1. The molecular weight excluding hydrogens is 447 g/mol. The van der Waals surface area contributed by atoms with E-state index in [1.165, 1.54) is 19.2 Å². The van der Waals surface area contributed by atoms with E-state index in [2.05, 4.69) is 48.1 Å². The van der Waals surface area contributed by atoms with Gasteiger partial charge in [0, 0.05) is 17.8 Å². The van der Waals surface area contributed by atoms with Gasteiger partial charge in [-0.15, -0.1) is 0 Å². The first-order valence-electron chi connectivity index (χ1n) is 10.5. The number of para-hydroxylation sites is 1. The number of urea groups is 1. The van der Waals surface area contributed by atoms with Crippen molar-refractivity contribution < 1.29 is 13.9 Å². The van der Waals surface area contributed by atoms with E-state index in [0.717, 1.165) is 36.9 Å². The van der Waals surface area contributed by atoms with Crippen molar-refractivity contribution in [2.75, 3.05) is 17.3 Å². The molecule has 0 heterocycles. The van der Waals surface area contributed by atoms with Gasteiger partial charge in [0.15, 0.2) is 0 Å².